The first-order valence-electron chi connectivity index (χ1n) is 6.69. The van der Waals surface area contributed by atoms with Crippen LogP contribution in [0.25, 0.3) is 0 Å². The molecule has 1 heterocycles. The summed E-state index contributed by atoms with van der Waals surface area (Å²) < 4.78 is 39.1. The predicted molar refractivity (Wildman–Crippen MR) is 75.5 cm³/mol. The minimum absolute atomic E-state index is 0.0430. The summed E-state index contributed by atoms with van der Waals surface area (Å²) in [5.41, 5.74) is -0.563. The average molecular weight is 325 g/mol. The summed E-state index contributed by atoms with van der Waals surface area (Å²) in [5.74, 6) is -0.714. The molecule has 2 aromatic rings. The molecule has 1 aromatic heterocycles. The van der Waals surface area contributed by atoms with Gasteiger partial charge in [0.2, 0.25) is 0 Å². The molecule has 1 aromatic carbocycles. The third-order valence-corrected chi connectivity index (χ3v) is 3.14. The van der Waals surface area contributed by atoms with Crippen molar-refractivity contribution in [3.63, 3.8) is 0 Å². The number of nitrogens with one attached hydrogen (secondary N) is 1. The fraction of sp³-hybridized carbons (Fsp3) is 0.267. The van der Waals surface area contributed by atoms with Gasteiger partial charge >= 0.3 is 6.18 Å². The topological polar surface area (TPSA) is 75.1 Å². The number of nitrogens with zero attached hydrogens (tertiary/aromatic N) is 2. The van der Waals surface area contributed by atoms with Crippen molar-refractivity contribution in [3.05, 3.63) is 59.2 Å². The van der Waals surface area contributed by atoms with E-state index in [0.717, 1.165) is 6.07 Å². The number of aryl methyl sites for hydroxylation is 1. The van der Waals surface area contributed by atoms with E-state index in [-0.39, 0.29) is 11.3 Å². The highest BCUT2D eigenvalue weighted by molar-refractivity contribution is 5.92. The van der Waals surface area contributed by atoms with Crippen molar-refractivity contribution in [2.75, 3.05) is 6.61 Å². The van der Waals surface area contributed by atoms with Gasteiger partial charge in [0.25, 0.3) is 5.91 Å². The number of amides is 1. The standard InChI is InChI=1S/C15H14F3N3O2/c1-9-6-20-12(7-19-9)14(23)21-13(8-22)10-4-2-3-5-11(10)15(16,17)18/h2-7,13,22H,8H2,1H3,(H,21,23). The molecular weight excluding hydrogens is 311 g/mol. The van der Waals surface area contributed by atoms with Crippen LogP contribution in [0.3, 0.4) is 0 Å². The Kier molecular flexibility index (Phi) is 4.95. The number of alkyl halides is 3. The summed E-state index contributed by atoms with van der Waals surface area (Å²) in [6.07, 6.45) is -2.00. The van der Waals surface area contributed by atoms with E-state index in [1.807, 2.05) is 0 Å². The second-order valence-electron chi connectivity index (χ2n) is 4.84. The minimum Gasteiger partial charge on any atom is -0.394 e. The number of aliphatic hydroxyl groups is 1. The number of halogens is 3. The van der Waals surface area contributed by atoms with Gasteiger partial charge < -0.3 is 10.4 Å². The van der Waals surface area contributed by atoms with E-state index < -0.39 is 30.3 Å². The molecule has 2 N–H and O–H groups in total. The van der Waals surface area contributed by atoms with Crippen LogP contribution in [-0.2, 0) is 6.18 Å². The smallest absolute Gasteiger partial charge is 0.394 e. The monoisotopic (exact) mass is 325 g/mol. The molecule has 1 unspecified atom stereocenters. The summed E-state index contributed by atoms with van der Waals surface area (Å²) in [4.78, 5) is 19.8. The lowest BCUT2D eigenvalue weighted by Gasteiger charge is -2.21. The second-order valence-corrected chi connectivity index (χ2v) is 4.84. The van der Waals surface area contributed by atoms with E-state index in [1.165, 1.54) is 30.6 Å². The van der Waals surface area contributed by atoms with Gasteiger partial charge in [-0.05, 0) is 18.6 Å². The van der Waals surface area contributed by atoms with Crippen molar-refractivity contribution < 1.29 is 23.1 Å². The van der Waals surface area contributed by atoms with Gasteiger partial charge in [-0.1, -0.05) is 18.2 Å². The maximum Gasteiger partial charge on any atom is 0.416 e. The summed E-state index contributed by atoms with van der Waals surface area (Å²) in [5, 5.41) is 11.7. The molecule has 2 rings (SSSR count). The third kappa shape index (κ3) is 4.04. The predicted octanol–water partition coefficient (Wildman–Crippen LogP) is 2.27. The molecule has 122 valence electrons. The molecule has 1 amide bonds. The molecule has 0 bridgehead atoms. The molecule has 23 heavy (non-hydrogen) atoms. The van der Waals surface area contributed by atoms with Crippen LogP contribution in [0.15, 0.2) is 36.7 Å². The largest absolute Gasteiger partial charge is 0.416 e. The summed E-state index contributed by atoms with van der Waals surface area (Å²) in [6.45, 7) is 1.00. The lowest BCUT2D eigenvalue weighted by molar-refractivity contribution is -0.138. The van der Waals surface area contributed by atoms with Crippen molar-refractivity contribution in [1.29, 1.82) is 0 Å². The first-order chi connectivity index (χ1) is 10.8. The third-order valence-electron chi connectivity index (χ3n) is 3.14. The molecule has 0 saturated carbocycles. The molecule has 0 aliphatic heterocycles. The molecule has 0 fully saturated rings. The van der Waals surface area contributed by atoms with Crippen molar-refractivity contribution in [3.8, 4) is 0 Å². The van der Waals surface area contributed by atoms with Crippen LogP contribution in [0.1, 0.15) is 33.4 Å². The van der Waals surface area contributed by atoms with Crippen molar-refractivity contribution in [2.24, 2.45) is 0 Å². The average Bonchev–Trinajstić information content (AvgIpc) is 2.52. The van der Waals surface area contributed by atoms with Crippen LogP contribution in [-0.4, -0.2) is 27.6 Å². The van der Waals surface area contributed by atoms with Crippen molar-refractivity contribution >= 4 is 5.91 Å². The molecule has 8 heteroatoms. The van der Waals surface area contributed by atoms with Crippen LogP contribution in [0.4, 0.5) is 13.2 Å². The van der Waals surface area contributed by atoms with Crippen LogP contribution < -0.4 is 5.32 Å². The van der Waals surface area contributed by atoms with Gasteiger partial charge in [-0.15, -0.1) is 0 Å². The lowest BCUT2D eigenvalue weighted by atomic mass is 10.00. The second kappa shape index (κ2) is 6.74. The van der Waals surface area contributed by atoms with Gasteiger partial charge in [0, 0.05) is 6.20 Å². The molecular formula is C15H14F3N3O2. The molecule has 5 nitrogen and oxygen atoms in total. The molecule has 0 spiro atoms. The molecule has 0 aliphatic rings. The Labute approximate surface area is 130 Å². The highest BCUT2D eigenvalue weighted by Gasteiger charge is 2.35. The van der Waals surface area contributed by atoms with Crippen molar-refractivity contribution in [1.82, 2.24) is 15.3 Å². The summed E-state index contributed by atoms with van der Waals surface area (Å²) in [7, 11) is 0. The Morgan fingerprint density at radius 1 is 1.26 bits per heavy atom. The van der Waals surface area contributed by atoms with Gasteiger partial charge in [-0.25, -0.2) is 4.98 Å². The number of benzene rings is 1. The van der Waals surface area contributed by atoms with Crippen LogP contribution >= 0.6 is 0 Å². The zero-order valence-corrected chi connectivity index (χ0v) is 12.1. The fourth-order valence-electron chi connectivity index (χ4n) is 2.02. The van der Waals surface area contributed by atoms with Gasteiger partial charge in [0.1, 0.15) is 5.69 Å². The Morgan fingerprint density at radius 3 is 2.52 bits per heavy atom. The first kappa shape index (κ1) is 16.9. The number of aromatic nitrogens is 2. The first-order valence-corrected chi connectivity index (χ1v) is 6.69. The Hall–Kier alpha value is -2.48. The summed E-state index contributed by atoms with van der Waals surface area (Å²) >= 11 is 0. The molecule has 0 saturated heterocycles. The van der Waals surface area contributed by atoms with E-state index in [4.69, 9.17) is 0 Å². The zero-order chi connectivity index (χ0) is 17.0. The number of rotatable bonds is 4. The van der Waals surface area contributed by atoms with Gasteiger partial charge in [-0.2, -0.15) is 13.2 Å². The maximum absolute atomic E-state index is 13.0. The Balaban J connectivity index is 2.27. The van der Waals surface area contributed by atoms with E-state index >= 15 is 0 Å². The van der Waals surface area contributed by atoms with E-state index in [1.54, 1.807) is 6.92 Å². The number of hydrogen-bond donors (Lipinski definition) is 2. The van der Waals surface area contributed by atoms with Crippen LogP contribution in [0.5, 0.6) is 0 Å². The van der Waals surface area contributed by atoms with E-state index in [2.05, 4.69) is 15.3 Å². The quantitative estimate of drug-likeness (QED) is 0.904. The number of carbonyl (C=O) groups is 1. The van der Waals surface area contributed by atoms with Crippen molar-refractivity contribution in [2.45, 2.75) is 19.1 Å². The SMILES string of the molecule is Cc1cnc(C(=O)NC(CO)c2ccccc2C(F)(F)F)cn1. The summed E-state index contributed by atoms with van der Waals surface area (Å²) in [6, 6.07) is 3.56. The normalized spacial score (nSPS) is 12.7. The Morgan fingerprint density at radius 2 is 1.96 bits per heavy atom. The van der Waals surface area contributed by atoms with Gasteiger partial charge in [-0.3, -0.25) is 9.78 Å². The van der Waals surface area contributed by atoms with Crippen LogP contribution in [0.2, 0.25) is 0 Å². The van der Waals surface area contributed by atoms with Gasteiger partial charge in [0.05, 0.1) is 30.1 Å². The van der Waals surface area contributed by atoms with Gasteiger partial charge in [0.15, 0.2) is 0 Å². The fourth-order valence-corrected chi connectivity index (χ4v) is 2.02. The zero-order valence-electron chi connectivity index (χ0n) is 12.1. The number of aliphatic hydroxyl groups excluding tert-OH is 1. The number of carbonyl (C=O) groups excluding carboxylic acids is 1. The Bertz CT molecular complexity index is 687. The highest BCUT2D eigenvalue weighted by atomic mass is 19.4. The number of hydrogen-bond acceptors (Lipinski definition) is 4. The van der Waals surface area contributed by atoms with E-state index in [0.29, 0.717) is 5.69 Å². The maximum atomic E-state index is 13.0. The molecule has 0 radical (unpaired) electrons. The molecule has 1 atom stereocenters. The highest BCUT2D eigenvalue weighted by Crippen LogP contribution is 2.34. The molecule has 0 aliphatic carbocycles. The van der Waals surface area contributed by atoms with E-state index in [9.17, 15) is 23.1 Å². The van der Waals surface area contributed by atoms with Crippen LogP contribution in [0, 0.1) is 6.92 Å². The minimum atomic E-state index is -4.58. The lowest BCUT2D eigenvalue weighted by Crippen LogP contribution is -2.32.